The molecule has 5 nitrogen and oxygen atoms in total. The Labute approximate surface area is 140 Å². The summed E-state index contributed by atoms with van der Waals surface area (Å²) in [5.74, 6) is 0.0948. The number of likely N-dealkylation sites (tertiary alicyclic amines) is 1. The van der Waals surface area contributed by atoms with Crippen molar-refractivity contribution in [3.63, 3.8) is 0 Å². The summed E-state index contributed by atoms with van der Waals surface area (Å²) in [4.78, 5) is 17.8. The summed E-state index contributed by atoms with van der Waals surface area (Å²) in [7, 11) is 0. The monoisotopic (exact) mass is 328 g/mol. The Balaban J connectivity index is 1.43. The van der Waals surface area contributed by atoms with Gasteiger partial charge in [-0.3, -0.25) is 9.69 Å². The Morgan fingerprint density at radius 1 is 1.26 bits per heavy atom. The molecule has 0 N–H and O–H groups in total. The molecule has 1 aromatic carbocycles. The molecule has 1 fully saturated rings. The first-order valence-corrected chi connectivity index (χ1v) is 8.89. The van der Waals surface area contributed by atoms with Crippen molar-refractivity contribution in [1.29, 1.82) is 0 Å². The lowest BCUT2D eigenvalue weighted by Crippen LogP contribution is -2.41. The number of carbonyl (C=O) groups excluding carboxylic acids is 1. The molecule has 0 saturated carbocycles. The molecule has 23 heavy (non-hydrogen) atoms. The number of aryl methyl sites for hydroxylation is 1. The van der Waals surface area contributed by atoms with E-state index in [1.54, 1.807) is 0 Å². The number of rotatable bonds is 2. The van der Waals surface area contributed by atoms with Crippen LogP contribution >= 0.6 is 11.5 Å². The predicted octanol–water partition coefficient (Wildman–Crippen LogP) is 2.12. The molecule has 1 saturated heterocycles. The molecule has 6 heteroatoms. The molecule has 1 atom stereocenters. The van der Waals surface area contributed by atoms with Crippen molar-refractivity contribution in [3.8, 4) is 0 Å². The van der Waals surface area contributed by atoms with Gasteiger partial charge in [0.05, 0.1) is 5.69 Å². The Morgan fingerprint density at radius 3 is 2.87 bits per heavy atom. The van der Waals surface area contributed by atoms with Crippen molar-refractivity contribution < 1.29 is 4.79 Å². The van der Waals surface area contributed by atoms with Crippen molar-refractivity contribution in [2.45, 2.75) is 32.4 Å². The second kappa shape index (κ2) is 6.02. The zero-order valence-electron chi connectivity index (χ0n) is 13.2. The Hall–Kier alpha value is -1.79. The highest BCUT2D eigenvalue weighted by Crippen LogP contribution is 2.25. The highest BCUT2D eigenvalue weighted by molar-refractivity contribution is 7.07. The van der Waals surface area contributed by atoms with Crippen LogP contribution < -0.4 is 0 Å². The second-order valence-electron chi connectivity index (χ2n) is 6.37. The van der Waals surface area contributed by atoms with Crippen molar-refractivity contribution in [3.05, 3.63) is 46.0 Å². The fraction of sp³-hybridized carbons (Fsp3) is 0.471. The summed E-state index contributed by atoms with van der Waals surface area (Å²) in [6, 6.07) is 9.17. The number of aromatic nitrogens is 2. The van der Waals surface area contributed by atoms with E-state index in [2.05, 4.69) is 38.8 Å². The van der Waals surface area contributed by atoms with E-state index in [1.807, 2.05) is 11.8 Å². The molecule has 1 amide bonds. The highest BCUT2D eigenvalue weighted by atomic mass is 32.1. The molecule has 120 valence electrons. The van der Waals surface area contributed by atoms with Crippen LogP contribution in [0.2, 0.25) is 0 Å². The van der Waals surface area contributed by atoms with Crippen LogP contribution in [0.5, 0.6) is 0 Å². The van der Waals surface area contributed by atoms with Gasteiger partial charge in [0.25, 0.3) is 5.91 Å². The fourth-order valence-electron chi connectivity index (χ4n) is 3.62. The number of carbonyl (C=O) groups is 1. The second-order valence-corrected chi connectivity index (χ2v) is 7.12. The maximum absolute atomic E-state index is 12.6. The average molecular weight is 328 g/mol. The van der Waals surface area contributed by atoms with E-state index in [1.165, 1.54) is 22.7 Å². The van der Waals surface area contributed by atoms with Gasteiger partial charge in [-0.15, -0.1) is 5.10 Å². The van der Waals surface area contributed by atoms with Gasteiger partial charge < -0.3 is 4.90 Å². The largest absolute Gasteiger partial charge is 0.336 e. The molecule has 0 unspecified atom stereocenters. The third-order valence-corrected chi connectivity index (χ3v) is 5.79. The Morgan fingerprint density at radius 2 is 2.09 bits per heavy atom. The lowest BCUT2D eigenvalue weighted by atomic mass is 9.98. The first-order valence-electron chi connectivity index (χ1n) is 8.11. The molecular formula is C17H20N4OS. The molecule has 2 aliphatic heterocycles. The van der Waals surface area contributed by atoms with E-state index >= 15 is 0 Å². The minimum atomic E-state index is 0.0948. The molecule has 0 radical (unpaired) electrons. The van der Waals surface area contributed by atoms with Gasteiger partial charge in [0.1, 0.15) is 4.88 Å². The fourth-order valence-corrected chi connectivity index (χ4v) is 4.25. The summed E-state index contributed by atoms with van der Waals surface area (Å²) >= 11 is 1.21. The molecule has 1 aromatic heterocycles. The third kappa shape index (κ3) is 2.77. The van der Waals surface area contributed by atoms with Gasteiger partial charge >= 0.3 is 0 Å². The normalized spacial score (nSPS) is 21.4. The van der Waals surface area contributed by atoms with Crippen LogP contribution in [0.3, 0.4) is 0 Å². The van der Waals surface area contributed by atoms with Crippen LogP contribution in [-0.4, -0.2) is 51.0 Å². The smallest absolute Gasteiger partial charge is 0.267 e. The van der Waals surface area contributed by atoms with Gasteiger partial charge in [0.2, 0.25) is 0 Å². The topological polar surface area (TPSA) is 49.3 Å². The lowest BCUT2D eigenvalue weighted by molar-refractivity contribution is 0.0777. The number of benzene rings is 1. The molecule has 0 aliphatic carbocycles. The van der Waals surface area contributed by atoms with Gasteiger partial charge in [0.15, 0.2) is 0 Å². The average Bonchev–Trinajstić information content (AvgIpc) is 3.23. The first-order chi connectivity index (χ1) is 11.2. The maximum Gasteiger partial charge on any atom is 0.267 e. The zero-order chi connectivity index (χ0) is 15.8. The van der Waals surface area contributed by atoms with E-state index in [9.17, 15) is 4.79 Å². The summed E-state index contributed by atoms with van der Waals surface area (Å²) in [5.41, 5.74) is 3.66. The molecule has 0 bridgehead atoms. The van der Waals surface area contributed by atoms with Crippen LogP contribution in [0.1, 0.15) is 32.9 Å². The van der Waals surface area contributed by atoms with Crippen LogP contribution in [-0.2, 0) is 13.0 Å². The minimum absolute atomic E-state index is 0.0948. The SMILES string of the molecule is Cc1nnsc1C(=O)N1CC[C@H](N2CCc3ccccc3C2)C1. The Bertz CT molecular complexity index is 729. The standard InChI is InChI=1S/C17H20N4OS/c1-12-16(23-19-18-12)17(22)21-9-7-15(11-21)20-8-6-13-4-2-3-5-14(13)10-20/h2-5,15H,6-11H2,1H3/t15-/m0/s1. The van der Waals surface area contributed by atoms with Crippen molar-refractivity contribution in [2.75, 3.05) is 19.6 Å². The number of hydrogen-bond acceptors (Lipinski definition) is 5. The predicted molar refractivity (Wildman–Crippen MR) is 89.5 cm³/mol. The van der Waals surface area contributed by atoms with Gasteiger partial charge in [0, 0.05) is 32.2 Å². The Kier molecular flexibility index (Phi) is 3.87. The first kappa shape index (κ1) is 14.8. The van der Waals surface area contributed by atoms with Crippen LogP contribution in [0, 0.1) is 6.92 Å². The number of hydrogen-bond donors (Lipinski definition) is 0. The molecule has 2 aromatic rings. The van der Waals surface area contributed by atoms with Crippen LogP contribution in [0.15, 0.2) is 24.3 Å². The van der Waals surface area contributed by atoms with E-state index in [0.717, 1.165) is 44.7 Å². The summed E-state index contributed by atoms with van der Waals surface area (Å²) < 4.78 is 3.88. The number of amides is 1. The van der Waals surface area contributed by atoms with E-state index in [4.69, 9.17) is 0 Å². The molecule has 2 aliphatic rings. The summed E-state index contributed by atoms with van der Waals surface area (Å²) in [6.45, 7) is 5.60. The zero-order valence-corrected chi connectivity index (χ0v) is 14.1. The number of fused-ring (bicyclic) bond motifs is 1. The maximum atomic E-state index is 12.6. The third-order valence-electron chi connectivity index (χ3n) is 4.97. The van der Waals surface area contributed by atoms with E-state index < -0.39 is 0 Å². The van der Waals surface area contributed by atoms with Gasteiger partial charge in [-0.2, -0.15) is 0 Å². The van der Waals surface area contributed by atoms with Gasteiger partial charge in [-0.25, -0.2) is 0 Å². The number of nitrogens with zero attached hydrogens (tertiary/aromatic N) is 4. The van der Waals surface area contributed by atoms with Gasteiger partial charge in [-0.05, 0) is 42.4 Å². The minimum Gasteiger partial charge on any atom is -0.336 e. The lowest BCUT2D eigenvalue weighted by Gasteiger charge is -2.33. The van der Waals surface area contributed by atoms with Crippen molar-refractivity contribution >= 4 is 17.4 Å². The van der Waals surface area contributed by atoms with Crippen LogP contribution in [0.25, 0.3) is 0 Å². The summed E-state index contributed by atoms with van der Waals surface area (Å²) in [6.07, 6.45) is 2.16. The molecule has 4 rings (SSSR count). The summed E-state index contributed by atoms with van der Waals surface area (Å²) in [5, 5.41) is 3.95. The molecule has 3 heterocycles. The van der Waals surface area contributed by atoms with E-state index in [-0.39, 0.29) is 5.91 Å². The van der Waals surface area contributed by atoms with E-state index in [0.29, 0.717) is 10.9 Å². The van der Waals surface area contributed by atoms with Gasteiger partial charge in [-0.1, -0.05) is 28.8 Å². The quantitative estimate of drug-likeness (QED) is 0.847. The molecular weight excluding hydrogens is 308 g/mol. The highest BCUT2D eigenvalue weighted by Gasteiger charge is 2.33. The molecule has 0 spiro atoms. The van der Waals surface area contributed by atoms with Crippen LogP contribution in [0.4, 0.5) is 0 Å². The van der Waals surface area contributed by atoms with Crippen molar-refractivity contribution in [2.24, 2.45) is 0 Å². The van der Waals surface area contributed by atoms with Crippen molar-refractivity contribution in [1.82, 2.24) is 19.4 Å².